The number of carbonyl (C=O) groups is 1. The van der Waals surface area contributed by atoms with Crippen molar-refractivity contribution in [3.05, 3.63) is 34.6 Å². The van der Waals surface area contributed by atoms with E-state index in [1.165, 1.54) is 12.1 Å². The summed E-state index contributed by atoms with van der Waals surface area (Å²) in [6.07, 6.45) is -1.90. The number of benzene rings is 1. The minimum absolute atomic E-state index is 0.0825. The van der Waals surface area contributed by atoms with Crippen molar-refractivity contribution in [1.29, 1.82) is 0 Å². The maximum atomic E-state index is 13.0. The highest BCUT2D eigenvalue weighted by atomic mass is 35.5. The zero-order valence-corrected chi connectivity index (χ0v) is 11.3. The SMILES string of the molecule is O=C(NC[C@@H]1COC[C@@H](O)[C@H]1O)c1ccc(F)c(Cl)c1. The summed E-state index contributed by atoms with van der Waals surface area (Å²) >= 11 is 5.60. The van der Waals surface area contributed by atoms with Crippen molar-refractivity contribution < 1.29 is 24.1 Å². The van der Waals surface area contributed by atoms with Crippen LogP contribution in [0.5, 0.6) is 0 Å². The Morgan fingerprint density at radius 2 is 2.20 bits per heavy atom. The quantitative estimate of drug-likeness (QED) is 0.763. The van der Waals surface area contributed by atoms with Crippen LogP contribution in [-0.4, -0.2) is 48.1 Å². The summed E-state index contributed by atoms with van der Waals surface area (Å²) in [5, 5.41) is 21.7. The molecule has 0 radical (unpaired) electrons. The maximum absolute atomic E-state index is 13.0. The van der Waals surface area contributed by atoms with Gasteiger partial charge in [-0.25, -0.2) is 4.39 Å². The van der Waals surface area contributed by atoms with Crippen molar-refractivity contribution in [2.45, 2.75) is 12.2 Å². The predicted octanol–water partition coefficient (Wildman–Crippen LogP) is 0.577. The molecule has 3 N–H and O–H groups in total. The molecule has 0 aliphatic carbocycles. The van der Waals surface area contributed by atoms with Crippen molar-refractivity contribution in [2.24, 2.45) is 5.92 Å². The van der Waals surface area contributed by atoms with E-state index in [0.29, 0.717) is 0 Å². The Morgan fingerprint density at radius 3 is 2.90 bits per heavy atom. The summed E-state index contributed by atoms with van der Waals surface area (Å²) in [5.41, 5.74) is 0.225. The van der Waals surface area contributed by atoms with Gasteiger partial charge < -0.3 is 20.3 Å². The molecule has 0 bridgehead atoms. The van der Waals surface area contributed by atoms with Crippen LogP contribution < -0.4 is 5.32 Å². The van der Waals surface area contributed by atoms with E-state index in [0.717, 1.165) is 6.07 Å². The molecule has 0 saturated carbocycles. The normalized spacial score (nSPS) is 26.3. The van der Waals surface area contributed by atoms with Gasteiger partial charge in [-0.05, 0) is 18.2 Å². The Kier molecular flexibility index (Phi) is 4.93. The summed E-state index contributed by atoms with van der Waals surface area (Å²) in [5.74, 6) is -1.42. The van der Waals surface area contributed by atoms with Crippen LogP contribution in [0.3, 0.4) is 0 Å². The third-order valence-electron chi connectivity index (χ3n) is 3.20. The number of ether oxygens (including phenoxy) is 1. The molecule has 20 heavy (non-hydrogen) atoms. The van der Waals surface area contributed by atoms with Gasteiger partial charge in [0, 0.05) is 18.0 Å². The summed E-state index contributed by atoms with van der Waals surface area (Å²) in [4.78, 5) is 11.9. The van der Waals surface area contributed by atoms with Crippen LogP contribution in [0.2, 0.25) is 5.02 Å². The van der Waals surface area contributed by atoms with Crippen molar-refractivity contribution in [3.8, 4) is 0 Å². The number of carbonyl (C=O) groups excluding carboxylic acids is 1. The molecule has 1 heterocycles. The number of rotatable bonds is 3. The second kappa shape index (κ2) is 6.49. The lowest BCUT2D eigenvalue weighted by atomic mass is 9.96. The maximum Gasteiger partial charge on any atom is 0.251 e. The van der Waals surface area contributed by atoms with Gasteiger partial charge >= 0.3 is 0 Å². The average Bonchev–Trinajstić information content (AvgIpc) is 2.43. The zero-order valence-electron chi connectivity index (χ0n) is 10.6. The number of aliphatic hydroxyl groups excluding tert-OH is 2. The highest BCUT2D eigenvalue weighted by molar-refractivity contribution is 6.31. The molecule has 7 heteroatoms. The molecule has 3 atom stereocenters. The van der Waals surface area contributed by atoms with Crippen LogP contribution in [-0.2, 0) is 4.74 Å². The molecule has 0 aromatic heterocycles. The molecule has 0 spiro atoms. The van der Waals surface area contributed by atoms with Crippen LogP contribution in [0.15, 0.2) is 18.2 Å². The van der Waals surface area contributed by atoms with E-state index in [-0.39, 0.29) is 30.3 Å². The Bertz CT molecular complexity index is 499. The largest absolute Gasteiger partial charge is 0.390 e. The standard InChI is InChI=1S/C13H15ClFNO4/c14-9-3-7(1-2-10(9)15)13(19)16-4-8-5-20-6-11(17)12(8)18/h1-3,8,11-12,17-18H,4-6H2,(H,16,19)/t8-,11-,12+/m1/s1. The van der Waals surface area contributed by atoms with Crippen molar-refractivity contribution in [1.82, 2.24) is 5.32 Å². The monoisotopic (exact) mass is 303 g/mol. The number of amides is 1. The fraction of sp³-hybridized carbons (Fsp3) is 0.462. The van der Waals surface area contributed by atoms with E-state index in [9.17, 15) is 19.4 Å². The van der Waals surface area contributed by atoms with Crippen molar-refractivity contribution in [2.75, 3.05) is 19.8 Å². The third-order valence-corrected chi connectivity index (χ3v) is 3.49. The van der Waals surface area contributed by atoms with Gasteiger partial charge in [0.1, 0.15) is 11.9 Å². The lowest BCUT2D eigenvalue weighted by Crippen LogP contribution is -2.48. The summed E-state index contributed by atoms with van der Waals surface area (Å²) in [7, 11) is 0. The second-order valence-corrected chi connectivity index (χ2v) is 5.10. The molecular weight excluding hydrogens is 289 g/mol. The Labute approximate surface area is 120 Å². The predicted molar refractivity (Wildman–Crippen MR) is 70.1 cm³/mol. The van der Waals surface area contributed by atoms with Gasteiger partial charge in [-0.15, -0.1) is 0 Å². The summed E-state index contributed by atoms with van der Waals surface area (Å²) < 4.78 is 18.1. The molecule has 5 nitrogen and oxygen atoms in total. The number of nitrogens with one attached hydrogen (secondary N) is 1. The van der Waals surface area contributed by atoms with Gasteiger partial charge in [-0.3, -0.25) is 4.79 Å². The van der Waals surface area contributed by atoms with E-state index in [4.69, 9.17) is 16.3 Å². The molecule has 1 saturated heterocycles. The van der Waals surface area contributed by atoms with Crippen molar-refractivity contribution in [3.63, 3.8) is 0 Å². The highest BCUT2D eigenvalue weighted by Gasteiger charge is 2.31. The molecule has 110 valence electrons. The average molecular weight is 304 g/mol. The molecule has 1 amide bonds. The van der Waals surface area contributed by atoms with Gasteiger partial charge in [0.2, 0.25) is 0 Å². The van der Waals surface area contributed by atoms with Crippen LogP contribution in [0.1, 0.15) is 10.4 Å². The number of hydrogen-bond acceptors (Lipinski definition) is 4. The zero-order chi connectivity index (χ0) is 14.7. The Balaban J connectivity index is 1.93. The van der Waals surface area contributed by atoms with Gasteiger partial charge in [-0.2, -0.15) is 0 Å². The van der Waals surface area contributed by atoms with E-state index in [2.05, 4.69) is 5.32 Å². The number of halogens is 2. The molecule has 0 unspecified atom stereocenters. The molecule has 1 aromatic rings. The first-order chi connectivity index (χ1) is 9.49. The van der Waals surface area contributed by atoms with Crippen LogP contribution in [0.25, 0.3) is 0 Å². The van der Waals surface area contributed by atoms with E-state index in [1.807, 2.05) is 0 Å². The van der Waals surface area contributed by atoms with E-state index in [1.54, 1.807) is 0 Å². The van der Waals surface area contributed by atoms with Gasteiger partial charge in [0.25, 0.3) is 5.91 Å². The Hall–Kier alpha value is -1.21. The minimum atomic E-state index is -0.953. The smallest absolute Gasteiger partial charge is 0.251 e. The lowest BCUT2D eigenvalue weighted by Gasteiger charge is -2.31. The van der Waals surface area contributed by atoms with Gasteiger partial charge in [0.05, 0.1) is 24.3 Å². The molecular formula is C13H15ClFNO4. The molecule has 1 fully saturated rings. The first kappa shape index (κ1) is 15.2. The summed E-state index contributed by atoms with van der Waals surface area (Å²) in [6, 6.07) is 3.66. The number of hydrogen-bond donors (Lipinski definition) is 3. The molecule has 1 aliphatic rings. The molecule has 1 aromatic carbocycles. The molecule has 2 rings (SSSR count). The first-order valence-electron chi connectivity index (χ1n) is 6.16. The number of aliphatic hydroxyl groups is 2. The lowest BCUT2D eigenvalue weighted by molar-refractivity contribution is -0.118. The second-order valence-electron chi connectivity index (χ2n) is 4.69. The minimum Gasteiger partial charge on any atom is -0.390 e. The molecule has 1 aliphatic heterocycles. The first-order valence-corrected chi connectivity index (χ1v) is 6.54. The van der Waals surface area contributed by atoms with Crippen LogP contribution in [0, 0.1) is 11.7 Å². The van der Waals surface area contributed by atoms with Crippen molar-refractivity contribution >= 4 is 17.5 Å². The third kappa shape index (κ3) is 3.46. The van der Waals surface area contributed by atoms with Gasteiger partial charge in [0.15, 0.2) is 0 Å². The van der Waals surface area contributed by atoms with Crippen LogP contribution in [0.4, 0.5) is 4.39 Å². The fourth-order valence-electron chi connectivity index (χ4n) is 1.99. The van der Waals surface area contributed by atoms with E-state index < -0.39 is 29.9 Å². The van der Waals surface area contributed by atoms with E-state index >= 15 is 0 Å². The topological polar surface area (TPSA) is 78.8 Å². The van der Waals surface area contributed by atoms with Crippen LogP contribution >= 0.6 is 11.6 Å². The van der Waals surface area contributed by atoms with Gasteiger partial charge in [-0.1, -0.05) is 11.6 Å². The fourth-order valence-corrected chi connectivity index (χ4v) is 2.17. The summed E-state index contributed by atoms with van der Waals surface area (Å²) in [6.45, 7) is 0.480. The highest BCUT2D eigenvalue weighted by Crippen LogP contribution is 2.17. The Morgan fingerprint density at radius 1 is 1.45 bits per heavy atom.